The molecule has 0 amide bonds. The van der Waals surface area contributed by atoms with Crippen LogP contribution in [0.25, 0.3) is 0 Å². The lowest BCUT2D eigenvalue weighted by Gasteiger charge is -2.36. The second-order valence-electron chi connectivity index (χ2n) is 5.84. The molecule has 19 heavy (non-hydrogen) atoms. The molecular formula is C16H23N2O+. The van der Waals surface area contributed by atoms with Gasteiger partial charge in [-0.25, -0.2) is 0 Å². The minimum Gasteiger partial charge on any atom is -0.360 e. The molecule has 1 saturated heterocycles. The van der Waals surface area contributed by atoms with Crippen molar-refractivity contribution in [3.8, 4) is 0 Å². The Morgan fingerprint density at radius 2 is 1.68 bits per heavy atom. The number of aldehydes is 1. The van der Waals surface area contributed by atoms with Gasteiger partial charge in [0, 0.05) is 11.3 Å². The number of carbonyl (C=O) groups is 1. The lowest BCUT2D eigenvalue weighted by molar-refractivity contribution is -0.925. The van der Waals surface area contributed by atoms with E-state index in [9.17, 15) is 4.79 Å². The van der Waals surface area contributed by atoms with Crippen LogP contribution in [0.4, 0.5) is 5.69 Å². The van der Waals surface area contributed by atoms with E-state index in [0.29, 0.717) is 0 Å². The van der Waals surface area contributed by atoms with Gasteiger partial charge in [0.25, 0.3) is 0 Å². The highest BCUT2D eigenvalue weighted by Crippen LogP contribution is 2.17. The third-order valence-corrected chi connectivity index (χ3v) is 4.73. The van der Waals surface area contributed by atoms with Crippen molar-refractivity contribution in [1.29, 1.82) is 0 Å². The molecule has 3 rings (SSSR count). The van der Waals surface area contributed by atoms with Crippen molar-refractivity contribution in [2.24, 2.45) is 0 Å². The van der Waals surface area contributed by atoms with Crippen LogP contribution in [0.5, 0.6) is 0 Å². The fourth-order valence-electron chi connectivity index (χ4n) is 3.56. The first-order valence-corrected chi connectivity index (χ1v) is 7.51. The van der Waals surface area contributed by atoms with Crippen LogP contribution < -0.4 is 9.80 Å². The summed E-state index contributed by atoms with van der Waals surface area (Å²) < 4.78 is 0. The predicted molar refractivity (Wildman–Crippen MR) is 77.0 cm³/mol. The van der Waals surface area contributed by atoms with Crippen molar-refractivity contribution in [2.45, 2.75) is 31.7 Å². The molecule has 0 bridgehead atoms. The topological polar surface area (TPSA) is 24.8 Å². The third kappa shape index (κ3) is 2.81. The van der Waals surface area contributed by atoms with Gasteiger partial charge in [0.1, 0.15) is 6.29 Å². The lowest BCUT2D eigenvalue weighted by Crippen LogP contribution is -3.18. The number of rotatable bonds is 3. The number of nitrogens with zero attached hydrogens (tertiary/aromatic N) is 1. The van der Waals surface area contributed by atoms with E-state index in [0.717, 1.165) is 31.0 Å². The Kier molecular flexibility index (Phi) is 3.83. The lowest BCUT2D eigenvalue weighted by atomic mass is 10.1. The van der Waals surface area contributed by atoms with Crippen LogP contribution in [0.1, 0.15) is 36.0 Å². The Morgan fingerprint density at radius 1 is 1.05 bits per heavy atom. The molecule has 102 valence electrons. The molecule has 1 aromatic carbocycles. The molecule has 3 heteroatoms. The standard InChI is InChI=1S/C16H22N2O/c19-13-14-5-7-16(8-6-14)18-11-9-17(10-12-18)15-3-1-2-4-15/h5-8,13,15H,1-4,9-12H2/p+1. The van der Waals surface area contributed by atoms with Gasteiger partial charge in [0.15, 0.2) is 0 Å². The number of hydrogen-bond acceptors (Lipinski definition) is 2. The summed E-state index contributed by atoms with van der Waals surface area (Å²) in [5.41, 5.74) is 2.02. The predicted octanol–water partition coefficient (Wildman–Crippen LogP) is 1.15. The van der Waals surface area contributed by atoms with Crippen LogP contribution >= 0.6 is 0 Å². The van der Waals surface area contributed by atoms with Gasteiger partial charge in [-0.2, -0.15) is 0 Å². The molecule has 1 aromatic rings. The first kappa shape index (κ1) is 12.7. The number of piperazine rings is 1. The normalized spacial score (nSPS) is 21.8. The Morgan fingerprint density at radius 3 is 2.26 bits per heavy atom. The highest BCUT2D eigenvalue weighted by Gasteiger charge is 2.29. The van der Waals surface area contributed by atoms with Gasteiger partial charge in [-0.3, -0.25) is 4.79 Å². The van der Waals surface area contributed by atoms with Gasteiger partial charge < -0.3 is 9.80 Å². The average Bonchev–Trinajstić information content (AvgIpc) is 3.02. The first-order valence-electron chi connectivity index (χ1n) is 7.51. The van der Waals surface area contributed by atoms with Crippen LogP contribution in [-0.4, -0.2) is 38.5 Å². The highest BCUT2D eigenvalue weighted by atomic mass is 16.1. The zero-order valence-corrected chi connectivity index (χ0v) is 11.5. The molecule has 0 radical (unpaired) electrons. The number of quaternary nitrogens is 1. The SMILES string of the molecule is O=Cc1ccc(N2CC[NH+](C3CCCC3)CC2)cc1. The van der Waals surface area contributed by atoms with Crippen molar-refractivity contribution in [3.05, 3.63) is 29.8 Å². The zero-order valence-electron chi connectivity index (χ0n) is 11.5. The number of hydrogen-bond donors (Lipinski definition) is 1. The summed E-state index contributed by atoms with van der Waals surface area (Å²) in [6, 6.07) is 8.91. The van der Waals surface area contributed by atoms with E-state index in [-0.39, 0.29) is 0 Å². The largest absolute Gasteiger partial charge is 0.360 e. The molecule has 1 heterocycles. The van der Waals surface area contributed by atoms with Crippen molar-refractivity contribution >= 4 is 12.0 Å². The average molecular weight is 259 g/mol. The molecule has 1 saturated carbocycles. The van der Waals surface area contributed by atoms with E-state index in [1.807, 2.05) is 17.0 Å². The Balaban J connectivity index is 1.58. The fourth-order valence-corrected chi connectivity index (χ4v) is 3.56. The molecule has 1 aliphatic carbocycles. The maximum Gasteiger partial charge on any atom is 0.150 e. The Hall–Kier alpha value is -1.35. The summed E-state index contributed by atoms with van der Waals surface area (Å²) in [6.45, 7) is 4.82. The molecule has 3 nitrogen and oxygen atoms in total. The number of nitrogens with one attached hydrogen (secondary N) is 1. The quantitative estimate of drug-likeness (QED) is 0.824. The maximum absolute atomic E-state index is 10.7. The van der Waals surface area contributed by atoms with E-state index in [4.69, 9.17) is 0 Å². The van der Waals surface area contributed by atoms with Crippen molar-refractivity contribution in [2.75, 3.05) is 31.1 Å². The number of benzene rings is 1. The summed E-state index contributed by atoms with van der Waals surface area (Å²) >= 11 is 0. The van der Waals surface area contributed by atoms with Gasteiger partial charge in [-0.15, -0.1) is 0 Å². The molecule has 0 unspecified atom stereocenters. The molecule has 0 spiro atoms. The molecule has 1 aliphatic heterocycles. The molecule has 2 aliphatic rings. The molecular weight excluding hydrogens is 236 g/mol. The maximum atomic E-state index is 10.7. The second-order valence-corrected chi connectivity index (χ2v) is 5.84. The summed E-state index contributed by atoms with van der Waals surface area (Å²) in [4.78, 5) is 14.9. The third-order valence-electron chi connectivity index (χ3n) is 4.73. The number of anilines is 1. The van der Waals surface area contributed by atoms with Crippen LogP contribution in [0, 0.1) is 0 Å². The van der Waals surface area contributed by atoms with E-state index in [1.165, 1.54) is 44.5 Å². The first-order chi connectivity index (χ1) is 9.36. The van der Waals surface area contributed by atoms with E-state index in [1.54, 1.807) is 0 Å². The molecule has 0 aromatic heterocycles. The second kappa shape index (κ2) is 5.74. The van der Waals surface area contributed by atoms with E-state index >= 15 is 0 Å². The van der Waals surface area contributed by atoms with Crippen LogP contribution in [0.15, 0.2) is 24.3 Å². The van der Waals surface area contributed by atoms with Crippen molar-refractivity contribution in [1.82, 2.24) is 0 Å². The molecule has 1 N–H and O–H groups in total. The summed E-state index contributed by atoms with van der Waals surface area (Å²) in [7, 11) is 0. The van der Waals surface area contributed by atoms with Crippen molar-refractivity contribution in [3.63, 3.8) is 0 Å². The van der Waals surface area contributed by atoms with Crippen LogP contribution in [-0.2, 0) is 0 Å². The summed E-state index contributed by atoms with van der Waals surface area (Å²) in [5.74, 6) is 0. The Bertz CT molecular complexity index is 415. The van der Waals surface area contributed by atoms with Gasteiger partial charge in [0.05, 0.1) is 32.2 Å². The van der Waals surface area contributed by atoms with Gasteiger partial charge in [-0.05, 0) is 49.9 Å². The van der Waals surface area contributed by atoms with Crippen LogP contribution in [0.3, 0.4) is 0 Å². The minimum absolute atomic E-state index is 0.763. The summed E-state index contributed by atoms with van der Waals surface area (Å²) in [6.07, 6.45) is 6.65. The van der Waals surface area contributed by atoms with E-state index in [2.05, 4.69) is 17.0 Å². The molecule has 2 fully saturated rings. The zero-order chi connectivity index (χ0) is 13.1. The van der Waals surface area contributed by atoms with Gasteiger partial charge in [0.2, 0.25) is 0 Å². The van der Waals surface area contributed by atoms with E-state index < -0.39 is 0 Å². The smallest absolute Gasteiger partial charge is 0.150 e. The number of carbonyl (C=O) groups excluding carboxylic acids is 1. The molecule has 0 atom stereocenters. The summed E-state index contributed by atoms with van der Waals surface area (Å²) in [5, 5.41) is 0. The van der Waals surface area contributed by atoms with Gasteiger partial charge >= 0.3 is 0 Å². The monoisotopic (exact) mass is 259 g/mol. The van der Waals surface area contributed by atoms with Gasteiger partial charge in [-0.1, -0.05) is 0 Å². The van der Waals surface area contributed by atoms with Crippen molar-refractivity contribution < 1.29 is 9.69 Å². The fraction of sp³-hybridized carbons (Fsp3) is 0.562. The van der Waals surface area contributed by atoms with Crippen LogP contribution in [0.2, 0.25) is 0 Å². The minimum atomic E-state index is 0.763. The highest BCUT2D eigenvalue weighted by molar-refractivity contribution is 5.75. The Labute approximate surface area is 115 Å².